The summed E-state index contributed by atoms with van der Waals surface area (Å²) in [5, 5.41) is 2.99. The highest BCUT2D eigenvalue weighted by atomic mass is 16.6. The number of fused-ring (bicyclic) bond motifs is 1. The summed E-state index contributed by atoms with van der Waals surface area (Å²) in [5.41, 5.74) is 3.29. The van der Waals surface area contributed by atoms with Crippen molar-refractivity contribution in [1.82, 2.24) is 5.32 Å². The summed E-state index contributed by atoms with van der Waals surface area (Å²) >= 11 is 0. The molecule has 1 N–H and O–H groups in total. The molecule has 2 aliphatic rings. The molecule has 1 aliphatic carbocycles. The second-order valence-electron chi connectivity index (χ2n) is 10.0. The van der Waals surface area contributed by atoms with Crippen LogP contribution in [0.25, 0.3) is 0 Å². The predicted molar refractivity (Wildman–Crippen MR) is 125 cm³/mol. The van der Waals surface area contributed by atoms with Crippen molar-refractivity contribution in [2.75, 3.05) is 0 Å². The number of benzene rings is 2. The number of ether oxygens (including phenoxy) is 3. The van der Waals surface area contributed by atoms with Crippen molar-refractivity contribution in [2.24, 2.45) is 0 Å². The highest BCUT2D eigenvalue weighted by Crippen LogP contribution is 2.38. The molecule has 1 fully saturated rings. The summed E-state index contributed by atoms with van der Waals surface area (Å²) in [4.78, 5) is 12.0. The molecule has 5 heteroatoms. The summed E-state index contributed by atoms with van der Waals surface area (Å²) in [6.45, 7) is 7.78. The van der Waals surface area contributed by atoms with E-state index in [-0.39, 0.29) is 24.3 Å². The van der Waals surface area contributed by atoms with Crippen LogP contribution in [0.15, 0.2) is 42.5 Å². The van der Waals surface area contributed by atoms with Gasteiger partial charge in [0.2, 0.25) is 0 Å². The average Bonchev–Trinajstić information content (AvgIpc) is 2.74. The molecule has 172 valence electrons. The second kappa shape index (κ2) is 9.43. The minimum absolute atomic E-state index is 0.114. The number of carbonyl (C=O) groups excluding carboxylic acids is 1. The van der Waals surface area contributed by atoms with Crippen molar-refractivity contribution in [3.8, 4) is 11.5 Å². The molecular formula is C27H35NO4. The van der Waals surface area contributed by atoms with E-state index in [0.29, 0.717) is 0 Å². The molecule has 32 heavy (non-hydrogen) atoms. The topological polar surface area (TPSA) is 56.8 Å². The maximum atomic E-state index is 12.0. The highest BCUT2D eigenvalue weighted by molar-refractivity contribution is 5.68. The van der Waals surface area contributed by atoms with Crippen molar-refractivity contribution in [3.05, 3.63) is 59.2 Å². The zero-order valence-electron chi connectivity index (χ0n) is 19.6. The summed E-state index contributed by atoms with van der Waals surface area (Å²) in [5.74, 6) is 1.87. The number of rotatable bonds is 4. The lowest BCUT2D eigenvalue weighted by Crippen LogP contribution is -2.42. The molecule has 1 aliphatic heterocycles. The maximum Gasteiger partial charge on any atom is 0.407 e. The summed E-state index contributed by atoms with van der Waals surface area (Å²) in [6, 6.07) is 14.8. The van der Waals surface area contributed by atoms with E-state index in [0.717, 1.165) is 50.0 Å². The Morgan fingerprint density at radius 3 is 2.50 bits per heavy atom. The number of nitrogens with one attached hydrogen (secondary N) is 1. The Bertz CT molecular complexity index is 941. The Morgan fingerprint density at radius 1 is 1.03 bits per heavy atom. The molecule has 1 heterocycles. The van der Waals surface area contributed by atoms with Gasteiger partial charge in [-0.1, -0.05) is 24.3 Å². The Morgan fingerprint density at radius 2 is 1.78 bits per heavy atom. The molecule has 1 saturated carbocycles. The van der Waals surface area contributed by atoms with Gasteiger partial charge in [0.05, 0.1) is 6.10 Å². The third-order valence-corrected chi connectivity index (χ3v) is 6.21. The Hall–Kier alpha value is -2.69. The van der Waals surface area contributed by atoms with Crippen molar-refractivity contribution in [3.63, 3.8) is 0 Å². The smallest absolute Gasteiger partial charge is 0.407 e. The zero-order valence-corrected chi connectivity index (χ0v) is 19.6. The Balaban J connectivity index is 1.29. The van der Waals surface area contributed by atoms with Gasteiger partial charge in [-0.15, -0.1) is 0 Å². The van der Waals surface area contributed by atoms with Crippen molar-refractivity contribution in [2.45, 2.75) is 90.1 Å². The first kappa shape index (κ1) is 22.5. The van der Waals surface area contributed by atoms with E-state index in [1.165, 1.54) is 16.7 Å². The van der Waals surface area contributed by atoms with Crippen molar-refractivity contribution < 1.29 is 19.0 Å². The van der Waals surface area contributed by atoms with Gasteiger partial charge < -0.3 is 19.5 Å². The van der Waals surface area contributed by atoms with Crippen LogP contribution in [0.5, 0.6) is 11.5 Å². The van der Waals surface area contributed by atoms with E-state index in [4.69, 9.17) is 14.2 Å². The standard InChI is InChI=1S/C27H35NO4/c1-18-7-5-6-8-23(18)25-15-9-19-17-22(14-16-24(19)31-25)30-21-12-10-20(11-13-21)28-26(29)32-27(2,3)4/h5-8,14,16-17,20-21,25H,9-13,15H2,1-4H3,(H,28,29). The van der Waals surface area contributed by atoms with Crippen molar-refractivity contribution in [1.29, 1.82) is 0 Å². The number of amides is 1. The monoisotopic (exact) mass is 437 g/mol. The fourth-order valence-corrected chi connectivity index (χ4v) is 4.60. The fraction of sp³-hybridized carbons (Fsp3) is 0.519. The van der Waals surface area contributed by atoms with Gasteiger partial charge in [0.15, 0.2) is 0 Å². The van der Waals surface area contributed by atoms with Crippen LogP contribution in [-0.2, 0) is 11.2 Å². The van der Waals surface area contributed by atoms with Gasteiger partial charge in [0, 0.05) is 6.04 Å². The van der Waals surface area contributed by atoms with Crippen LogP contribution in [0.4, 0.5) is 4.79 Å². The molecule has 1 atom stereocenters. The molecule has 0 saturated heterocycles. The van der Waals surface area contributed by atoms with Crippen LogP contribution >= 0.6 is 0 Å². The van der Waals surface area contributed by atoms with Crippen LogP contribution in [0.2, 0.25) is 0 Å². The first-order chi connectivity index (χ1) is 15.3. The Labute approximate surface area is 191 Å². The zero-order chi connectivity index (χ0) is 22.7. The van der Waals surface area contributed by atoms with Gasteiger partial charge in [-0.2, -0.15) is 0 Å². The largest absolute Gasteiger partial charge is 0.490 e. The maximum absolute atomic E-state index is 12.0. The van der Waals surface area contributed by atoms with E-state index in [9.17, 15) is 4.79 Å². The van der Waals surface area contributed by atoms with E-state index >= 15 is 0 Å². The lowest BCUT2D eigenvalue weighted by molar-refractivity contribution is 0.0471. The molecule has 2 aromatic rings. The van der Waals surface area contributed by atoms with Crippen molar-refractivity contribution >= 4 is 6.09 Å². The van der Waals surface area contributed by atoms with Crippen LogP contribution in [-0.4, -0.2) is 23.8 Å². The molecule has 5 nitrogen and oxygen atoms in total. The number of aryl methyl sites for hydroxylation is 2. The van der Waals surface area contributed by atoms with Crippen LogP contribution < -0.4 is 14.8 Å². The quantitative estimate of drug-likeness (QED) is 0.612. The third-order valence-electron chi connectivity index (χ3n) is 6.21. The van der Waals surface area contributed by atoms with Gasteiger partial charge in [-0.05, 0) is 101 Å². The molecule has 0 spiro atoms. The van der Waals surface area contributed by atoms with Crippen LogP contribution in [0.3, 0.4) is 0 Å². The molecule has 0 aromatic heterocycles. The minimum Gasteiger partial charge on any atom is -0.490 e. The average molecular weight is 438 g/mol. The van der Waals surface area contributed by atoms with E-state index in [1.807, 2.05) is 32.9 Å². The highest BCUT2D eigenvalue weighted by Gasteiger charge is 2.27. The lowest BCUT2D eigenvalue weighted by atomic mass is 9.93. The third kappa shape index (κ3) is 5.76. The number of hydrogen-bond acceptors (Lipinski definition) is 4. The summed E-state index contributed by atoms with van der Waals surface area (Å²) < 4.78 is 18.0. The molecule has 1 unspecified atom stereocenters. The molecule has 0 radical (unpaired) electrons. The molecule has 0 bridgehead atoms. The van der Waals surface area contributed by atoms with Gasteiger partial charge in [0.1, 0.15) is 23.2 Å². The lowest BCUT2D eigenvalue weighted by Gasteiger charge is -2.31. The number of carbonyl (C=O) groups is 1. The van der Waals surface area contributed by atoms with E-state index in [2.05, 4.69) is 42.6 Å². The first-order valence-corrected chi connectivity index (χ1v) is 11.8. The normalized spacial score (nSPS) is 22.9. The molecule has 2 aromatic carbocycles. The molecular weight excluding hydrogens is 402 g/mol. The van der Waals surface area contributed by atoms with Gasteiger partial charge in [-0.3, -0.25) is 0 Å². The number of hydrogen-bond donors (Lipinski definition) is 1. The van der Waals surface area contributed by atoms with Crippen LogP contribution in [0.1, 0.15) is 75.7 Å². The summed E-state index contributed by atoms with van der Waals surface area (Å²) in [7, 11) is 0. The predicted octanol–water partition coefficient (Wildman–Crippen LogP) is 6.28. The van der Waals surface area contributed by atoms with E-state index < -0.39 is 5.60 Å². The van der Waals surface area contributed by atoms with Gasteiger partial charge >= 0.3 is 6.09 Å². The fourth-order valence-electron chi connectivity index (χ4n) is 4.60. The SMILES string of the molecule is Cc1ccccc1C1CCc2cc(OC3CCC(NC(=O)OC(C)(C)C)CC3)ccc2O1. The second-order valence-corrected chi connectivity index (χ2v) is 10.0. The minimum atomic E-state index is -0.472. The summed E-state index contributed by atoms with van der Waals surface area (Å²) in [6.07, 6.45) is 5.55. The van der Waals surface area contributed by atoms with E-state index in [1.54, 1.807) is 0 Å². The van der Waals surface area contributed by atoms with Gasteiger partial charge in [0.25, 0.3) is 0 Å². The first-order valence-electron chi connectivity index (χ1n) is 11.8. The molecule has 1 amide bonds. The van der Waals surface area contributed by atoms with Gasteiger partial charge in [-0.25, -0.2) is 4.79 Å². The Kier molecular flexibility index (Phi) is 6.63. The molecule has 4 rings (SSSR count). The van der Waals surface area contributed by atoms with Crippen LogP contribution in [0, 0.1) is 6.92 Å². The number of alkyl carbamates (subject to hydrolysis) is 1.